The Labute approximate surface area is 115 Å². The molecule has 1 aliphatic heterocycles. The monoisotopic (exact) mass is 274 g/mol. The fourth-order valence-electron chi connectivity index (χ4n) is 2.19. The Hall–Kier alpha value is -2.51. The lowest BCUT2D eigenvalue weighted by Crippen LogP contribution is -2.44. The molecule has 0 bridgehead atoms. The van der Waals surface area contributed by atoms with Gasteiger partial charge in [-0.2, -0.15) is 5.10 Å². The third-order valence-corrected chi connectivity index (χ3v) is 3.11. The molecule has 1 saturated heterocycles. The van der Waals surface area contributed by atoms with Gasteiger partial charge in [0.1, 0.15) is 12.4 Å². The minimum Gasteiger partial charge on any atom is -0.471 e. The first-order valence-corrected chi connectivity index (χ1v) is 6.40. The van der Waals surface area contributed by atoms with E-state index < -0.39 is 0 Å². The lowest BCUT2D eigenvalue weighted by molar-refractivity contribution is 0.0516. The van der Waals surface area contributed by atoms with Gasteiger partial charge in [0.05, 0.1) is 12.7 Å². The summed E-state index contributed by atoms with van der Waals surface area (Å²) >= 11 is 0. The van der Waals surface area contributed by atoms with Gasteiger partial charge in [0.25, 0.3) is 5.91 Å². The van der Waals surface area contributed by atoms with Crippen molar-refractivity contribution in [2.24, 2.45) is 0 Å². The molecule has 1 amide bonds. The summed E-state index contributed by atoms with van der Waals surface area (Å²) in [5.41, 5.74) is 0. The molecule has 0 aliphatic carbocycles. The Morgan fingerprint density at radius 1 is 1.40 bits per heavy atom. The Balaban J connectivity index is 1.63. The molecular weight excluding hydrogens is 260 g/mol. The third kappa shape index (κ3) is 2.73. The molecule has 0 aromatic carbocycles. The number of hydrogen-bond acceptors (Lipinski definition) is 6. The summed E-state index contributed by atoms with van der Waals surface area (Å²) in [5.74, 6) is 0.576. The van der Waals surface area contributed by atoms with E-state index in [4.69, 9.17) is 4.74 Å². The summed E-state index contributed by atoms with van der Waals surface area (Å²) < 4.78 is 5.74. The van der Waals surface area contributed by atoms with E-state index in [-0.39, 0.29) is 17.8 Å². The molecule has 0 spiro atoms. The largest absolute Gasteiger partial charge is 0.471 e. The lowest BCUT2D eigenvalue weighted by Gasteiger charge is -2.31. The van der Waals surface area contributed by atoms with Crippen LogP contribution in [0.2, 0.25) is 0 Å². The first-order chi connectivity index (χ1) is 9.83. The SMILES string of the molecule is O=C(c1ncn[nH]1)N1CCCC(Oc2cnccn2)C1. The number of carbonyl (C=O) groups excluding carboxylic acids is 1. The second kappa shape index (κ2) is 5.64. The van der Waals surface area contributed by atoms with Gasteiger partial charge in [-0.15, -0.1) is 0 Å². The Morgan fingerprint density at radius 3 is 3.10 bits per heavy atom. The van der Waals surface area contributed by atoms with Crippen molar-refractivity contribution in [1.82, 2.24) is 30.0 Å². The maximum Gasteiger partial charge on any atom is 0.291 e. The van der Waals surface area contributed by atoms with Crippen molar-refractivity contribution >= 4 is 5.91 Å². The average molecular weight is 274 g/mol. The van der Waals surface area contributed by atoms with E-state index in [0.29, 0.717) is 19.0 Å². The van der Waals surface area contributed by atoms with Crippen LogP contribution in [0.15, 0.2) is 24.9 Å². The van der Waals surface area contributed by atoms with Crippen LogP contribution in [-0.4, -0.2) is 55.1 Å². The number of amides is 1. The number of nitrogens with one attached hydrogen (secondary N) is 1. The van der Waals surface area contributed by atoms with Crippen LogP contribution in [0.4, 0.5) is 0 Å². The van der Waals surface area contributed by atoms with Gasteiger partial charge in [-0.25, -0.2) is 9.97 Å². The van der Waals surface area contributed by atoms with Crippen LogP contribution in [-0.2, 0) is 0 Å². The van der Waals surface area contributed by atoms with E-state index in [1.54, 1.807) is 23.5 Å². The minimum absolute atomic E-state index is 0.0766. The first-order valence-electron chi connectivity index (χ1n) is 6.40. The normalized spacial score (nSPS) is 18.8. The van der Waals surface area contributed by atoms with Crippen LogP contribution in [0.5, 0.6) is 5.88 Å². The molecule has 20 heavy (non-hydrogen) atoms. The van der Waals surface area contributed by atoms with Crippen molar-refractivity contribution in [3.8, 4) is 5.88 Å². The number of carbonyl (C=O) groups is 1. The molecule has 2 aromatic rings. The fraction of sp³-hybridized carbons (Fsp3) is 0.417. The highest BCUT2D eigenvalue weighted by atomic mass is 16.5. The number of aromatic amines is 1. The number of aromatic nitrogens is 5. The summed E-state index contributed by atoms with van der Waals surface area (Å²) in [7, 11) is 0. The summed E-state index contributed by atoms with van der Waals surface area (Å²) in [5, 5.41) is 6.27. The number of hydrogen-bond donors (Lipinski definition) is 1. The van der Waals surface area contributed by atoms with Crippen molar-refractivity contribution in [3.63, 3.8) is 0 Å². The maximum atomic E-state index is 12.2. The van der Waals surface area contributed by atoms with E-state index in [1.807, 2.05) is 0 Å². The molecular formula is C12H14N6O2. The molecule has 0 saturated carbocycles. The highest BCUT2D eigenvalue weighted by Gasteiger charge is 2.27. The van der Waals surface area contributed by atoms with Crippen LogP contribution in [0.3, 0.4) is 0 Å². The van der Waals surface area contributed by atoms with E-state index in [0.717, 1.165) is 12.8 Å². The molecule has 3 heterocycles. The van der Waals surface area contributed by atoms with Crippen molar-refractivity contribution in [1.29, 1.82) is 0 Å². The van der Waals surface area contributed by atoms with Crippen molar-refractivity contribution in [2.45, 2.75) is 18.9 Å². The number of piperidine rings is 1. The highest BCUT2D eigenvalue weighted by Crippen LogP contribution is 2.16. The molecule has 0 radical (unpaired) electrons. The molecule has 1 unspecified atom stereocenters. The topological polar surface area (TPSA) is 96.9 Å². The van der Waals surface area contributed by atoms with Gasteiger partial charge in [-0.1, -0.05) is 0 Å². The van der Waals surface area contributed by atoms with E-state index in [2.05, 4.69) is 25.1 Å². The summed E-state index contributed by atoms with van der Waals surface area (Å²) in [6, 6.07) is 0. The second-order valence-electron chi connectivity index (χ2n) is 4.51. The Morgan fingerprint density at radius 2 is 2.35 bits per heavy atom. The summed E-state index contributed by atoms with van der Waals surface area (Å²) in [6.07, 6.45) is 7.75. The van der Waals surface area contributed by atoms with Crippen LogP contribution in [0.25, 0.3) is 0 Å². The highest BCUT2D eigenvalue weighted by molar-refractivity contribution is 5.90. The number of rotatable bonds is 3. The van der Waals surface area contributed by atoms with Crippen LogP contribution >= 0.6 is 0 Å². The average Bonchev–Trinajstić information content (AvgIpc) is 3.02. The molecule has 1 atom stereocenters. The third-order valence-electron chi connectivity index (χ3n) is 3.11. The zero-order valence-electron chi connectivity index (χ0n) is 10.8. The van der Waals surface area contributed by atoms with Crippen LogP contribution in [0.1, 0.15) is 23.5 Å². The van der Waals surface area contributed by atoms with Crippen LogP contribution in [0, 0.1) is 0 Å². The Kier molecular flexibility index (Phi) is 3.53. The second-order valence-corrected chi connectivity index (χ2v) is 4.51. The van der Waals surface area contributed by atoms with Gasteiger partial charge in [-0.05, 0) is 12.8 Å². The predicted octanol–water partition coefficient (Wildman–Crippen LogP) is 0.278. The van der Waals surface area contributed by atoms with Crippen molar-refractivity contribution in [2.75, 3.05) is 13.1 Å². The van der Waals surface area contributed by atoms with Gasteiger partial charge in [0, 0.05) is 18.9 Å². The lowest BCUT2D eigenvalue weighted by atomic mass is 10.1. The number of nitrogens with zero attached hydrogens (tertiary/aromatic N) is 5. The Bertz CT molecular complexity index is 559. The standard InChI is InChI=1S/C12H14N6O2/c19-12(11-15-8-16-17-11)18-5-1-2-9(7-18)20-10-6-13-3-4-14-10/h3-4,6,8-9H,1-2,5,7H2,(H,15,16,17). The van der Waals surface area contributed by atoms with E-state index >= 15 is 0 Å². The predicted molar refractivity (Wildman–Crippen MR) is 68.0 cm³/mol. The van der Waals surface area contributed by atoms with Gasteiger partial charge >= 0.3 is 0 Å². The molecule has 3 rings (SSSR count). The van der Waals surface area contributed by atoms with Gasteiger partial charge in [0.2, 0.25) is 11.7 Å². The molecule has 1 aliphatic rings. The number of H-pyrrole nitrogens is 1. The van der Waals surface area contributed by atoms with Crippen molar-refractivity contribution < 1.29 is 9.53 Å². The summed E-state index contributed by atoms with van der Waals surface area (Å²) in [6.45, 7) is 1.20. The minimum atomic E-state index is -0.157. The van der Waals surface area contributed by atoms with Crippen molar-refractivity contribution in [3.05, 3.63) is 30.7 Å². The molecule has 8 heteroatoms. The number of likely N-dealkylation sites (tertiary alicyclic amines) is 1. The van der Waals surface area contributed by atoms with Crippen LogP contribution < -0.4 is 4.74 Å². The van der Waals surface area contributed by atoms with Gasteiger partial charge in [-0.3, -0.25) is 14.9 Å². The molecule has 2 aromatic heterocycles. The van der Waals surface area contributed by atoms with E-state index in [9.17, 15) is 4.79 Å². The maximum absolute atomic E-state index is 12.2. The zero-order valence-corrected chi connectivity index (χ0v) is 10.8. The zero-order chi connectivity index (χ0) is 13.8. The molecule has 104 valence electrons. The number of ether oxygens (including phenoxy) is 1. The quantitative estimate of drug-likeness (QED) is 0.863. The summed E-state index contributed by atoms with van der Waals surface area (Å²) in [4.78, 5) is 25.8. The molecule has 1 fully saturated rings. The smallest absolute Gasteiger partial charge is 0.291 e. The fourth-order valence-corrected chi connectivity index (χ4v) is 2.19. The van der Waals surface area contributed by atoms with Gasteiger partial charge in [0.15, 0.2) is 0 Å². The van der Waals surface area contributed by atoms with E-state index in [1.165, 1.54) is 6.33 Å². The molecule has 1 N–H and O–H groups in total. The molecule has 8 nitrogen and oxygen atoms in total. The first kappa shape index (κ1) is 12.5. The van der Waals surface area contributed by atoms with Gasteiger partial charge < -0.3 is 9.64 Å².